The number of hydrogen-bond donors (Lipinski definition) is 1. The van der Waals surface area contributed by atoms with Crippen LogP contribution < -0.4 is 5.73 Å². The summed E-state index contributed by atoms with van der Waals surface area (Å²) in [7, 11) is 2.21. The van der Waals surface area contributed by atoms with Crippen molar-refractivity contribution in [3.05, 3.63) is 35.9 Å². The van der Waals surface area contributed by atoms with E-state index in [1.54, 1.807) is 0 Å². The topological polar surface area (TPSA) is 29.3 Å². The van der Waals surface area contributed by atoms with Gasteiger partial charge in [0, 0.05) is 19.1 Å². The highest BCUT2D eigenvalue weighted by molar-refractivity contribution is 5.16. The van der Waals surface area contributed by atoms with Crippen LogP contribution in [0.5, 0.6) is 0 Å². The second-order valence-corrected chi connectivity index (χ2v) is 5.49. The Kier molecular flexibility index (Phi) is 4.19. The van der Waals surface area contributed by atoms with E-state index in [-0.39, 0.29) is 0 Å². The molecule has 2 rings (SSSR count). The Hall–Kier alpha value is -0.860. The Labute approximate surface area is 105 Å². The molecule has 1 aliphatic carbocycles. The molecule has 3 unspecified atom stereocenters. The summed E-state index contributed by atoms with van der Waals surface area (Å²) < 4.78 is 0. The first-order chi connectivity index (χ1) is 8.20. The Morgan fingerprint density at radius 2 is 2.00 bits per heavy atom. The molecular weight excluding hydrogens is 208 g/mol. The molecule has 0 spiro atoms. The predicted molar refractivity (Wildman–Crippen MR) is 72.9 cm³/mol. The van der Waals surface area contributed by atoms with Crippen LogP contribution in [0.4, 0.5) is 0 Å². The number of nitrogens with two attached hydrogens (primary N) is 1. The molecule has 0 heterocycles. The molecule has 2 heteroatoms. The molecule has 1 fully saturated rings. The van der Waals surface area contributed by atoms with Gasteiger partial charge in [-0.2, -0.15) is 0 Å². The van der Waals surface area contributed by atoms with Crippen LogP contribution in [0, 0.1) is 11.8 Å². The van der Waals surface area contributed by atoms with Gasteiger partial charge in [0.15, 0.2) is 0 Å². The molecule has 1 aromatic rings. The summed E-state index contributed by atoms with van der Waals surface area (Å²) in [6.45, 7) is 4.29. The summed E-state index contributed by atoms with van der Waals surface area (Å²) in [5, 5.41) is 0. The largest absolute Gasteiger partial charge is 0.329 e. The molecule has 1 aliphatic rings. The summed E-state index contributed by atoms with van der Waals surface area (Å²) in [4.78, 5) is 2.45. The molecule has 1 aromatic carbocycles. The molecule has 94 valence electrons. The first-order valence-electron chi connectivity index (χ1n) is 6.65. The number of likely N-dealkylation sites (N-methyl/N-ethyl adjacent to an activating group) is 1. The molecule has 0 saturated heterocycles. The van der Waals surface area contributed by atoms with Crippen molar-refractivity contribution in [2.75, 3.05) is 20.1 Å². The highest BCUT2D eigenvalue weighted by Gasteiger charge is 2.34. The molecular formula is C15H24N2. The van der Waals surface area contributed by atoms with Crippen LogP contribution in [0.3, 0.4) is 0 Å². The minimum atomic E-state index is 0.477. The fourth-order valence-corrected chi connectivity index (χ4v) is 2.48. The molecule has 0 amide bonds. The van der Waals surface area contributed by atoms with Crippen molar-refractivity contribution < 1.29 is 0 Å². The normalized spacial score (nSPS) is 24.9. The third-order valence-electron chi connectivity index (χ3n) is 4.01. The molecule has 0 aliphatic heterocycles. The molecule has 1 saturated carbocycles. The Morgan fingerprint density at radius 1 is 1.35 bits per heavy atom. The van der Waals surface area contributed by atoms with E-state index in [1.807, 2.05) is 0 Å². The van der Waals surface area contributed by atoms with Crippen LogP contribution in [0.25, 0.3) is 0 Å². The summed E-state index contributed by atoms with van der Waals surface area (Å²) in [5.74, 6) is 1.83. The van der Waals surface area contributed by atoms with Crippen LogP contribution in [0.15, 0.2) is 30.3 Å². The van der Waals surface area contributed by atoms with Crippen molar-refractivity contribution in [2.45, 2.75) is 25.8 Å². The van der Waals surface area contributed by atoms with Crippen molar-refractivity contribution in [2.24, 2.45) is 17.6 Å². The number of rotatable bonds is 6. The number of benzene rings is 1. The van der Waals surface area contributed by atoms with Crippen molar-refractivity contribution in [3.8, 4) is 0 Å². The SMILES string of the molecule is CC1CC1CN(C)C(CN)Cc1ccccc1. The standard InChI is InChI=1S/C15H24N2/c1-12-8-14(12)11-17(2)15(10-16)9-13-6-4-3-5-7-13/h3-7,12,14-15H,8-11,16H2,1-2H3. The van der Waals surface area contributed by atoms with E-state index in [0.29, 0.717) is 6.04 Å². The molecule has 0 radical (unpaired) electrons. The molecule has 2 N–H and O–H groups in total. The van der Waals surface area contributed by atoms with E-state index < -0.39 is 0 Å². The third kappa shape index (κ3) is 3.55. The van der Waals surface area contributed by atoms with Crippen molar-refractivity contribution in [1.82, 2.24) is 4.90 Å². The van der Waals surface area contributed by atoms with Gasteiger partial charge in [0.1, 0.15) is 0 Å². The quantitative estimate of drug-likeness (QED) is 0.814. The van der Waals surface area contributed by atoms with Gasteiger partial charge in [-0.15, -0.1) is 0 Å². The van der Waals surface area contributed by atoms with Crippen LogP contribution in [-0.4, -0.2) is 31.1 Å². The van der Waals surface area contributed by atoms with Crippen LogP contribution in [-0.2, 0) is 6.42 Å². The fourth-order valence-electron chi connectivity index (χ4n) is 2.48. The Morgan fingerprint density at radius 3 is 2.53 bits per heavy atom. The van der Waals surface area contributed by atoms with Crippen molar-refractivity contribution >= 4 is 0 Å². The van der Waals surface area contributed by atoms with E-state index in [0.717, 1.165) is 24.8 Å². The second kappa shape index (κ2) is 5.65. The molecule has 2 nitrogen and oxygen atoms in total. The zero-order chi connectivity index (χ0) is 12.3. The smallest absolute Gasteiger partial charge is 0.0255 e. The molecule has 3 atom stereocenters. The van der Waals surface area contributed by atoms with Crippen molar-refractivity contribution in [1.29, 1.82) is 0 Å². The lowest BCUT2D eigenvalue weighted by Crippen LogP contribution is -2.40. The lowest BCUT2D eigenvalue weighted by molar-refractivity contribution is 0.232. The average Bonchev–Trinajstić information content (AvgIpc) is 3.03. The minimum absolute atomic E-state index is 0.477. The van der Waals surface area contributed by atoms with Gasteiger partial charge in [0.05, 0.1) is 0 Å². The van der Waals surface area contributed by atoms with Gasteiger partial charge >= 0.3 is 0 Å². The minimum Gasteiger partial charge on any atom is -0.329 e. The molecule has 17 heavy (non-hydrogen) atoms. The van der Waals surface area contributed by atoms with Gasteiger partial charge in [-0.3, -0.25) is 0 Å². The second-order valence-electron chi connectivity index (χ2n) is 5.49. The average molecular weight is 232 g/mol. The third-order valence-corrected chi connectivity index (χ3v) is 4.01. The zero-order valence-corrected chi connectivity index (χ0v) is 11.0. The lowest BCUT2D eigenvalue weighted by atomic mass is 10.0. The first kappa shape index (κ1) is 12.6. The highest BCUT2D eigenvalue weighted by atomic mass is 15.1. The first-order valence-corrected chi connectivity index (χ1v) is 6.65. The Balaban J connectivity index is 1.87. The van der Waals surface area contributed by atoms with Crippen molar-refractivity contribution in [3.63, 3.8) is 0 Å². The molecule has 0 bridgehead atoms. The maximum Gasteiger partial charge on any atom is 0.0255 e. The van der Waals surface area contributed by atoms with Crippen LogP contribution >= 0.6 is 0 Å². The molecule has 0 aromatic heterocycles. The maximum atomic E-state index is 5.91. The summed E-state index contributed by atoms with van der Waals surface area (Å²) in [5.41, 5.74) is 7.30. The predicted octanol–water partition coefficient (Wildman–Crippen LogP) is 2.14. The van der Waals surface area contributed by atoms with Crippen LogP contribution in [0.1, 0.15) is 18.9 Å². The van der Waals surface area contributed by atoms with E-state index in [9.17, 15) is 0 Å². The van der Waals surface area contributed by atoms with Gasteiger partial charge in [0.25, 0.3) is 0 Å². The fraction of sp³-hybridized carbons (Fsp3) is 0.600. The Bertz CT molecular complexity index is 336. The van der Waals surface area contributed by atoms with Gasteiger partial charge < -0.3 is 10.6 Å². The van der Waals surface area contributed by atoms with Gasteiger partial charge in [-0.05, 0) is 37.3 Å². The monoisotopic (exact) mass is 232 g/mol. The lowest BCUT2D eigenvalue weighted by Gasteiger charge is -2.27. The van der Waals surface area contributed by atoms with Gasteiger partial charge in [-0.1, -0.05) is 37.3 Å². The zero-order valence-electron chi connectivity index (χ0n) is 11.0. The number of nitrogens with zero attached hydrogens (tertiary/aromatic N) is 1. The maximum absolute atomic E-state index is 5.91. The van der Waals surface area contributed by atoms with Crippen LogP contribution in [0.2, 0.25) is 0 Å². The summed E-state index contributed by atoms with van der Waals surface area (Å²) in [6.07, 6.45) is 2.46. The van der Waals surface area contributed by atoms with Gasteiger partial charge in [0.2, 0.25) is 0 Å². The van der Waals surface area contributed by atoms with E-state index >= 15 is 0 Å². The highest BCUT2D eigenvalue weighted by Crippen LogP contribution is 2.38. The van der Waals surface area contributed by atoms with E-state index in [2.05, 4.69) is 49.2 Å². The summed E-state index contributed by atoms with van der Waals surface area (Å²) in [6, 6.07) is 11.1. The summed E-state index contributed by atoms with van der Waals surface area (Å²) >= 11 is 0. The van der Waals surface area contributed by atoms with E-state index in [4.69, 9.17) is 5.73 Å². The van der Waals surface area contributed by atoms with Gasteiger partial charge in [-0.25, -0.2) is 0 Å². The van der Waals surface area contributed by atoms with E-state index in [1.165, 1.54) is 18.5 Å². The number of hydrogen-bond acceptors (Lipinski definition) is 2.